The van der Waals surface area contributed by atoms with Crippen LogP contribution in [0.2, 0.25) is 0 Å². The van der Waals surface area contributed by atoms with Crippen LogP contribution in [-0.2, 0) is 6.42 Å². The van der Waals surface area contributed by atoms with Crippen LogP contribution in [0.15, 0.2) is 59.6 Å². The third-order valence-corrected chi connectivity index (χ3v) is 8.00. The van der Waals surface area contributed by atoms with Crippen molar-refractivity contribution in [1.82, 2.24) is 9.88 Å². The molecule has 2 atom stereocenters. The van der Waals surface area contributed by atoms with Gasteiger partial charge in [0.25, 0.3) is 0 Å². The van der Waals surface area contributed by atoms with Gasteiger partial charge in [0.1, 0.15) is 11.5 Å². The molecule has 4 rings (SSSR count). The molecule has 0 bridgehead atoms. The maximum Gasteiger partial charge on any atom is 0.119 e. The van der Waals surface area contributed by atoms with Gasteiger partial charge in [-0.1, -0.05) is 0 Å². The number of fused-ring (bicyclic) bond motifs is 1. The molecular formula is C28H36N2O3S. The van der Waals surface area contributed by atoms with Gasteiger partial charge in [-0.15, -0.1) is 11.8 Å². The minimum absolute atomic E-state index is 0.280. The highest BCUT2D eigenvalue weighted by atomic mass is 32.2. The summed E-state index contributed by atoms with van der Waals surface area (Å²) in [6, 6.07) is 16.5. The normalized spacial score (nSPS) is 18.8. The van der Waals surface area contributed by atoms with E-state index < -0.39 is 0 Å². The maximum absolute atomic E-state index is 10.1. The van der Waals surface area contributed by atoms with E-state index >= 15 is 0 Å². The standard InChI is InChI=1S/C28H36N2O3S/c1-32-24-6-9-26(10-7-24)34-17-16-30-15-13-21(23(19-30)20-31)4-3-5-22-12-14-29-28-11-8-25(33-2)18-27(22)28/h6-12,14,18,21,23,31H,3-5,13,15-17,19-20H2,1-2H3/t21-,23-/m1/s1. The lowest BCUT2D eigenvalue weighted by Gasteiger charge is -2.38. The predicted octanol–water partition coefficient (Wildman–Crippen LogP) is 5.30. The molecule has 2 aromatic carbocycles. The Kier molecular flexibility index (Phi) is 9.08. The molecule has 1 aromatic heterocycles. The average molecular weight is 481 g/mol. The van der Waals surface area contributed by atoms with Crippen molar-refractivity contribution in [2.45, 2.75) is 30.6 Å². The van der Waals surface area contributed by atoms with Crippen molar-refractivity contribution in [1.29, 1.82) is 0 Å². The summed E-state index contributed by atoms with van der Waals surface area (Å²) < 4.78 is 10.6. The summed E-state index contributed by atoms with van der Waals surface area (Å²) in [5.74, 6) is 3.80. The summed E-state index contributed by atoms with van der Waals surface area (Å²) in [5, 5.41) is 11.3. The Morgan fingerprint density at radius 1 is 1.03 bits per heavy atom. The average Bonchev–Trinajstić information content (AvgIpc) is 2.89. The van der Waals surface area contributed by atoms with Crippen LogP contribution in [0.3, 0.4) is 0 Å². The molecule has 34 heavy (non-hydrogen) atoms. The van der Waals surface area contributed by atoms with Crippen LogP contribution in [0.4, 0.5) is 0 Å². The van der Waals surface area contributed by atoms with Crippen molar-refractivity contribution in [3.8, 4) is 11.5 Å². The summed E-state index contributed by atoms with van der Waals surface area (Å²) in [6.07, 6.45) is 6.40. The number of nitrogens with zero attached hydrogens (tertiary/aromatic N) is 2. The SMILES string of the molecule is COc1ccc(SCCN2CC[C@@H](CCCc3ccnc4ccc(OC)cc34)[C@@H](CO)C2)cc1. The lowest BCUT2D eigenvalue weighted by Crippen LogP contribution is -2.42. The molecule has 0 unspecified atom stereocenters. The number of methoxy groups -OCH3 is 2. The monoisotopic (exact) mass is 480 g/mol. The van der Waals surface area contributed by atoms with E-state index in [0.717, 1.165) is 61.7 Å². The molecule has 5 nitrogen and oxygen atoms in total. The first-order chi connectivity index (χ1) is 16.7. The van der Waals surface area contributed by atoms with E-state index in [1.165, 1.54) is 22.3 Å². The van der Waals surface area contributed by atoms with Gasteiger partial charge < -0.3 is 19.5 Å². The van der Waals surface area contributed by atoms with Gasteiger partial charge in [-0.05, 0) is 98.2 Å². The molecule has 1 saturated heterocycles. The first-order valence-corrected chi connectivity index (χ1v) is 13.2. The number of likely N-dealkylation sites (tertiary alicyclic amines) is 1. The third kappa shape index (κ3) is 6.44. The predicted molar refractivity (Wildman–Crippen MR) is 140 cm³/mol. The number of hydrogen-bond donors (Lipinski definition) is 1. The summed E-state index contributed by atoms with van der Waals surface area (Å²) >= 11 is 1.88. The van der Waals surface area contributed by atoms with Crippen molar-refractivity contribution in [2.75, 3.05) is 46.2 Å². The Hall–Kier alpha value is -2.28. The number of hydrogen-bond acceptors (Lipinski definition) is 6. The quantitative estimate of drug-likeness (QED) is 0.376. The van der Waals surface area contributed by atoms with Gasteiger partial charge in [-0.3, -0.25) is 4.98 Å². The van der Waals surface area contributed by atoms with Crippen molar-refractivity contribution in [3.05, 3.63) is 60.3 Å². The fraction of sp³-hybridized carbons (Fsp3) is 0.464. The highest BCUT2D eigenvalue weighted by molar-refractivity contribution is 7.99. The van der Waals surface area contributed by atoms with Gasteiger partial charge in [0, 0.05) is 41.9 Å². The molecule has 1 aliphatic heterocycles. The van der Waals surface area contributed by atoms with Crippen molar-refractivity contribution >= 4 is 22.7 Å². The molecule has 182 valence electrons. The molecule has 1 fully saturated rings. The molecule has 0 saturated carbocycles. The van der Waals surface area contributed by atoms with E-state index in [0.29, 0.717) is 11.8 Å². The van der Waals surface area contributed by atoms with Crippen LogP contribution in [0.5, 0.6) is 11.5 Å². The highest BCUT2D eigenvalue weighted by Gasteiger charge is 2.28. The number of rotatable bonds is 11. The zero-order valence-electron chi connectivity index (χ0n) is 20.3. The second-order valence-corrected chi connectivity index (χ2v) is 10.2. The topological polar surface area (TPSA) is 54.8 Å². The number of ether oxygens (including phenoxy) is 2. The van der Waals surface area contributed by atoms with Gasteiger partial charge in [0.05, 0.1) is 19.7 Å². The van der Waals surface area contributed by atoms with Crippen LogP contribution in [-0.4, -0.2) is 61.2 Å². The summed E-state index contributed by atoms with van der Waals surface area (Å²) in [5.41, 5.74) is 2.35. The first kappa shape index (κ1) is 24.8. The molecule has 3 aromatic rings. The molecule has 0 spiro atoms. The Morgan fingerprint density at radius 3 is 2.59 bits per heavy atom. The largest absolute Gasteiger partial charge is 0.497 e. The maximum atomic E-state index is 10.1. The van der Waals surface area contributed by atoms with E-state index in [4.69, 9.17) is 9.47 Å². The van der Waals surface area contributed by atoms with Crippen molar-refractivity contribution in [2.24, 2.45) is 11.8 Å². The van der Waals surface area contributed by atoms with Gasteiger partial charge in [-0.25, -0.2) is 0 Å². The van der Waals surface area contributed by atoms with Crippen LogP contribution < -0.4 is 9.47 Å². The number of aromatic nitrogens is 1. The minimum atomic E-state index is 0.280. The van der Waals surface area contributed by atoms with Gasteiger partial charge >= 0.3 is 0 Å². The van der Waals surface area contributed by atoms with Gasteiger partial charge in [0.15, 0.2) is 0 Å². The number of aryl methyl sites for hydroxylation is 1. The summed E-state index contributed by atoms with van der Waals surface area (Å²) in [6.45, 7) is 3.46. The first-order valence-electron chi connectivity index (χ1n) is 12.2. The zero-order valence-corrected chi connectivity index (χ0v) is 21.1. The molecular weight excluding hydrogens is 444 g/mol. The van der Waals surface area contributed by atoms with Crippen molar-refractivity contribution in [3.63, 3.8) is 0 Å². The van der Waals surface area contributed by atoms with Crippen molar-refractivity contribution < 1.29 is 14.6 Å². The van der Waals surface area contributed by atoms with Gasteiger partial charge in [0.2, 0.25) is 0 Å². The lowest BCUT2D eigenvalue weighted by atomic mass is 9.82. The smallest absolute Gasteiger partial charge is 0.119 e. The Bertz CT molecular complexity index is 1040. The van der Waals surface area contributed by atoms with E-state index in [-0.39, 0.29) is 6.61 Å². The molecule has 1 N–H and O–H groups in total. The second kappa shape index (κ2) is 12.4. The Labute approximate surface area is 207 Å². The molecule has 0 amide bonds. The van der Waals surface area contributed by atoms with Crippen LogP contribution >= 0.6 is 11.8 Å². The lowest BCUT2D eigenvalue weighted by molar-refractivity contribution is 0.0710. The fourth-order valence-corrected chi connectivity index (χ4v) is 5.91. The fourth-order valence-electron chi connectivity index (χ4n) is 4.99. The van der Waals surface area contributed by atoms with E-state index in [2.05, 4.69) is 34.1 Å². The highest BCUT2D eigenvalue weighted by Crippen LogP contribution is 2.30. The molecule has 6 heteroatoms. The molecule has 0 radical (unpaired) electrons. The van der Waals surface area contributed by atoms with Crippen LogP contribution in [0, 0.1) is 11.8 Å². The number of aliphatic hydroxyl groups is 1. The molecule has 2 heterocycles. The number of thioether (sulfide) groups is 1. The van der Waals surface area contributed by atoms with Crippen LogP contribution in [0.1, 0.15) is 24.8 Å². The second-order valence-electron chi connectivity index (χ2n) is 9.06. The van der Waals surface area contributed by atoms with Gasteiger partial charge in [-0.2, -0.15) is 0 Å². The number of aliphatic hydroxyl groups excluding tert-OH is 1. The molecule has 1 aliphatic rings. The molecule has 0 aliphatic carbocycles. The minimum Gasteiger partial charge on any atom is -0.497 e. The van der Waals surface area contributed by atoms with E-state index in [1.807, 2.05) is 42.2 Å². The van der Waals surface area contributed by atoms with Crippen LogP contribution in [0.25, 0.3) is 10.9 Å². The zero-order chi connectivity index (χ0) is 23.8. The number of piperidine rings is 1. The van der Waals surface area contributed by atoms with E-state index in [1.54, 1.807) is 14.2 Å². The summed E-state index contributed by atoms with van der Waals surface area (Å²) in [4.78, 5) is 8.30. The number of benzene rings is 2. The Balaban J connectivity index is 1.24. The number of pyridine rings is 1. The Morgan fingerprint density at radius 2 is 1.82 bits per heavy atom. The third-order valence-electron chi connectivity index (χ3n) is 7.01. The summed E-state index contributed by atoms with van der Waals surface area (Å²) in [7, 11) is 3.40. The van der Waals surface area contributed by atoms with E-state index in [9.17, 15) is 5.11 Å².